The fraction of sp³-hybridized carbons (Fsp3) is 0.333. The van der Waals surface area contributed by atoms with Gasteiger partial charge in [-0.2, -0.15) is 0 Å². The van der Waals surface area contributed by atoms with E-state index in [1.807, 2.05) is 12.1 Å². The maximum atomic E-state index is 11.3. The van der Waals surface area contributed by atoms with Crippen molar-refractivity contribution >= 4 is 17.3 Å². The first-order valence-electron chi connectivity index (χ1n) is 5.04. The predicted molar refractivity (Wildman–Crippen MR) is 57.5 cm³/mol. The Labute approximate surface area is 88.3 Å². The Kier molecular flexibility index (Phi) is 2.54. The van der Waals surface area contributed by atoms with Gasteiger partial charge in [0.1, 0.15) is 11.6 Å². The van der Waals surface area contributed by atoms with Gasteiger partial charge in [-0.1, -0.05) is 12.1 Å². The van der Waals surface area contributed by atoms with Gasteiger partial charge in [-0.15, -0.1) is 0 Å². The number of nitrogens with two attached hydrogens (primary N) is 1. The second kappa shape index (κ2) is 3.85. The van der Waals surface area contributed by atoms with Crippen LogP contribution in [-0.2, 0) is 9.59 Å². The molecule has 0 spiro atoms. The summed E-state index contributed by atoms with van der Waals surface area (Å²) in [7, 11) is 0. The van der Waals surface area contributed by atoms with Crippen molar-refractivity contribution in [2.24, 2.45) is 0 Å². The number of rotatable bonds is 1. The predicted octanol–water partition coefficient (Wildman–Crippen LogP) is 1.67. The Morgan fingerprint density at radius 2 is 1.53 bits per heavy atom. The molecule has 0 aliphatic heterocycles. The number of anilines is 1. The van der Waals surface area contributed by atoms with Crippen molar-refractivity contribution < 1.29 is 9.59 Å². The quantitative estimate of drug-likeness (QED) is 0.558. The summed E-state index contributed by atoms with van der Waals surface area (Å²) in [5, 5.41) is 0. The molecule has 0 saturated heterocycles. The molecule has 0 bridgehead atoms. The molecular formula is C12H13NO2. The molecule has 0 aromatic heterocycles. The van der Waals surface area contributed by atoms with Crippen LogP contribution in [0.25, 0.3) is 0 Å². The molecule has 1 aliphatic carbocycles. The van der Waals surface area contributed by atoms with Crippen LogP contribution in [0.15, 0.2) is 24.3 Å². The topological polar surface area (TPSA) is 60.2 Å². The van der Waals surface area contributed by atoms with Crippen molar-refractivity contribution in [1.29, 1.82) is 0 Å². The summed E-state index contributed by atoms with van der Waals surface area (Å²) in [5.41, 5.74) is 7.31. The third-order valence-corrected chi connectivity index (χ3v) is 2.75. The highest BCUT2D eigenvalue weighted by Gasteiger charge is 2.26. The fourth-order valence-electron chi connectivity index (χ4n) is 1.99. The van der Waals surface area contributed by atoms with Gasteiger partial charge in [-0.05, 0) is 23.6 Å². The van der Waals surface area contributed by atoms with Crippen LogP contribution in [-0.4, -0.2) is 11.6 Å². The van der Waals surface area contributed by atoms with Crippen LogP contribution in [0, 0.1) is 0 Å². The highest BCUT2D eigenvalue weighted by atomic mass is 16.1. The summed E-state index contributed by atoms with van der Waals surface area (Å²) >= 11 is 0. The van der Waals surface area contributed by atoms with Gasteiger partial charge >= 0.3 is 0 Å². The molecule has 1 aromatic rings. The van der Waals surface area contributed by atoms with Crippen LogP contribution < -0.4 is 5.73 Å². The third-order valence-electron chi connectivity index (χ3n) is 2.75. The maximum absolute atomic E-state index is 11.3. The standard InChI is InChI=1S/C12H13NO2/c13-10-3-1-8(2-4-10)9-5-11(14)7-12(15)6-9/h1-4,9H,5-7,13H2. The number of benzene rings is 1. The zero-order chi connectivity index (χ0) is 10.8. The molecule has 0 radical (unpaired) electrons. The van der Waals surface area contributed by atoms with Crippen molar-refractivity contribution in [3.05, 3.63) is 29.8 Å². The number of nitrogen functional groups attached to an aromatic ring is 1. The SMILES string of the molecule is Nc1ccc(C2CC(=O)CC(=O)C2)cc1. The van der Waals surface area contributed by atoms with Crippen LogP contribution in [0.1, 0.15) is 30.7 Å². The summed E-state index contributed by atoms with van der Waals surface area (Å²) in [6.45, 7) is 0. The minimum atomic E-state index is 0.0491. The molecule has 2 rings (SSSR count). The summed E-state index contributed by atoms with van der Waals surface area (Å²) in [6, 6.07) is 7.40. The lowest BCUT2D eigenvalue weighted by Gasteiger charge is -2.20. The summed E-state index contributed by atoms with van der Waals surface area (Å²) < 4.78 is 0. The lowest BCUT2D eigenvalue weighted by atomic mass is 9.83. The van der Waals surface area contributed by atoms with Crippen LogP contribution in [0.4, 0.5) is 5.69 Å². The molecule has 0 heterocycles. The number of Topliss-reactive ketones (excluding diaryl/α,β-unsaturated/α-hetero) is 2. The fourth-order valence-corrected chi connectivity index (χ4v) is 1.99. The second-order valence-electron chi connectivity index (χ2n) is 4.03. The Morgan fingerprint density at radius 1 is 1.00 bits per heavy atom. The van der Waals surface area contributed by atoms with E-state index in [0.29, 0.717) is 18.5 Å². The molecule has 2 N–H and O–H groups in total. The first kappa shape index (κ1) is 9.90. The number of ketones is 2. The monoisotopic (exact) mass is 203 g/mol. The van der Waals surface area contributed by atoms with Gasteiger partial charge in [0.15, 0.2) is 0 Å². The van der Waals surface area contributed by atoms with Crippen LogP contribution in [0.3, 0.4) is 0 Å². The summed E-state index contributed by atoms with van der Waals surface area (Å²) in [4.78, 5) is 22.6. The van der Waals surface area contributed by atoms with Crippen molar-refractivity contribution in [3.63, 3.8) is 0 Å². The minimum Gasteiger partial charge on any atom is -0.399 e. The van der Waals surface area contributed by atoms with E-state index in [1.54, 1.807) is 12.1 Å². The molecule has 0 amide bonds. The first-order chi connectivity index (χ1) is 7.15. The number of carbonyl (C=O) groups is 2. The van der Waals surface area contributed by atoms with Gasteiger partial charge in [-0.25, -0.2) is 0 Å². The third kappa shape index (κ3) is 2.24. The van der Waals surface area contributed by atoms with E-state index in [9.17, 15) is 9.59 Å². The Hall–Kier alpha value is -1.64. The largest absolute Gasteiger partial charge is 0.399 e. The average molecular weight is 203 g/mol. The zero-order valence-corrected chi connectivity index (χ0v) is 8.40. The van der Waals surface area contributed by atoms with E-state index >= 15 is 0 Å². The first-order valence-corrected chi connectivity index (χ1v) is 5.04. The molecule has 3 heteroatoms. The molecule has 1 aromatic carbocycles. The van der Waals surface area contributed by atoms with E-state index in [4.69, 9.17) is 5.73 Å². The highest BCUT2D eigenvalue weighted by Crippen LogP contribution is 2.29. The van der Waals surface area contributed by atoms with Gasteiger partial charge in [0.2, 0.25) is 0 Å². The molecule has 78 valence electrons. The number of carbonyl (C=O) groups excluding carboxylic acids is 2. The molecular weight excluding hydrogens is 190 g/mol. The average Bonchev–Trinajstić information content (AvgIpc) is 2.17. The van der Waals surface area contributed by atoms with Crippen molar-refractivity contribution in [2.75, 3.05) is 5.73 Å². The van der Waals surface area contributed by atoms with Gasteiger partial charge in [0.05, 0.1) is 6.42 Å². The molecule has 15 heavy (non-hydrogen) atoms. The Morgan fingerprint density at radius 3 is 2.07 bits per heavy atom. The maximum Gasteiger partial charge on any atom is 0.140 e. The van der Waals surface area contributed by atoms with Crippen LogP contribution in [0.2, 0.25) is 0 Å². The zero-order valence-electron chi connectivity index (χ0n) is 8.40. The van der Waals surface area contributed by atoms with E-state index < -0.39 is 0 Å². The molecule has 1 aliphatic rings. The van der Waals surface area contributed by atoms with Gasteiger partial charge in [0.25, 0.3) is 0 Å². The van der Waals surface area contributed by atoms with Crippen molar-refractivity contribution in [1.82, 2.24) is 0 Å². The normalized spacial score (nSPS) is 18.1. The van der Waals surface area contributed by atoms with E-state index in [-0.39, 0.29) is 23.9 Å². The highest BCUT2D eigenvalue weighted by molar-refractivity contribution is 6.02. The molecule has 3 nitrogen and oxygen atoms in total. The molecule has 1 saturated carbocycles. The summed E-state index contributed by atoms with van der Waals surface area (Å²) in [5.74, 6) is 0.153. The number of hydrogen-bond acceptors (Lipinski definition) is 3. The van der Waals surface area contributed by atoms with Crippen molar-refractivity contribution in [2.45, 2.75) is 25.2 Å². The Bertz CT molecular complexity index is 379. The minimum absolute atomic E-state index is 0.0491. The smallest absolute Gasteiger partial charge is 0.140 e. The van der Waals surface area contributed by atoms with Crippen LogP contribution in [0.5, 0.6) is 0 Å². The molecule has 0 atom stereocenters. The number of hydrogen-bond donors (Lipinski definition) is 1. The Balaban J connectivity index is 2.19. The van der Waals surface area contributed by atoms with Gasteiger partial charge in [-0.3, -0.25) is 9.59 Å². The van der Waals surface area contributed by atoms with Crippen LogP contribution >= 0.6 is 0 Å². The summed E-state index contributed by atoms with van der Waals surface area (Å²) in [6.07, 6.45) is 1.08. The van der Waals surface area contributed by atoms with Gasteiger partial charge < -0.3 is 5.73 Å². The van der Waals surface area contributed by atoms with E-state index in [2.05, 4.69) is 0 Å². The lowest BCUT2D eigenvalue weighted by Crippen LogP contribution is -2.21. The van der Waals surface area contributed by atoms with E-state index in [0.717, 1.165) is 5.56 Å². The second-order valence-corrected chi connectivity index (χ2v) is 4.03. The van der Waals surface area contributed by atoms with Gasteiger partial charge in [0, 0.05) is 18.5 Å². The molecule has 1 fully saturated rings. The molecule has 0 unspecified atom stereocenters. The lowest BCUT2D eigenvalue weighted by molar-refractivity contribution is -0.130. The van der Waals surface area contributed by atoms with Crippen molar-refractivity contribution in [3.8, 4) is 0 Å². The van der Waals surface area contributed by atoms with E-state index in [1.165, 1.54) is 0 Å².